The molecule has 7 heteroatoms. The second kappa shape index (κ2) is 7.92. The molecule has 0 spiro atoms. The van der Waals surface area contributed by atoms with Crippen LogP contribution in [0.4, 0.5) is 5.95 Å². The molecule has 0 saturated heterocycles. The molecule has 122 valence electrons. The number of carboxylic acids is 1. The first-order valence-corrected chi connectivity index (χ1v) is 7.99. The van der Waals surface area contributed by atoms with Gasteiger partial charge in [-0.25, -0.2) is 9.78 Å². The Morgan fingerprint density at radius 1 is 1.30 bits per heavy atom. The van der Waals surface area contributed by atoms with Crippen molar-refractivity contribution in [1.82, 2.24) is 9.97 Å². The molecular weight excluding hydrogens is 362 g/mol. The van der Waals surface area contributed by atoms with Crippen molar-refractivity contribution in [3.63, 3.8) is 0 Å². The molecule has 1 aromatic heterocycles. The summed E-state index contributed by atoms with van der Waals surface area (Å²) < 4.78 is 6.30. The van der Waals surface area contributed by atoms with Crippen LogP contribution in [-0.2, 0) is 17.8 Å². The monoisotopic (exact) mass is 379 g/mol. The summed E-state index contributed by atoms with van der Waals surface area (Å²) in [5.41, 5.74) is 2.68. The largest absolute Gasteiger partial charge is 0.479 e. The van der Waals surface area contributed by atoms with Crippen molar-refractivity contribution in [3.05, 3.63) is 45.6 Å². The zero-order valence-corrected chi connectivity index (χ0v) is 14.6. The SMILES string of the molecule is CCc1c(C)nc(NCc2ccc(Br)cc2)nc1OCC(=O)O. The van der Waals surface area contributed by atoms with Crippen LogP contribution >= 0.6 is 15.9 Å². The lowest BCUT2D eigenvalue weighted by atomic mass is 10.2. The van der Waals surface area contributed by atoms with Gasteiger partial charge in [0.1, 0.15) is 0 Å². The first-order valence-electron chi connectivity index (χ1n) is 7.20. The van der Waals surface area contributed by atoms with Crippen LogP contribution in [0, 0.1) is 6.92 Å². The highest BCUT2D eigenvalue weighted by Crippen LogP contribution is 2.21. The first kappa shape index (κ1) is 17.2. The van der Waals surface area contributed by atoms with E-state index < -0.39 is 12.6 Å². The molecule has 2 aromatic rings. The number of carbonyl (C=O) groups is 1. The van der Waals surface area contributed by atoms with E-state index >= 15 is 0 Å². The van der Waals surface area contributed by atoms with Gasteiger partial charge in [0.2, 0.25) is 11.8 Å². The Morgan fingerprint density at radius 3 is 2.61 bits per heavy atom. The number of rotatable bonds is 7. The fourth-order valence-corrected chi connectivity index (χ4v) is 2.35. The number of aliphatic carboxylic acids is 1. The number of nitrogens with one attached hydrogen (secondary N) is 1. The maximum absolute atomic E-state index is 10.7. The number of nitrogens with zero attached hydrogens (tertiary/aromatic N) is 2. The molecule has 23 heavy (non-hydrogen) atoms. The van der Waals surface area contributed by atoms with E-state index in [0.29, 0.717) is 24.8 Å². The van der Waals surface area contributed by atoms with Crippen molar-refractivity contribution >= 4 is 27.8 Å². The van der Waals surface area contributed by atoms with Gasteiger partial charge in [-0.05, 0) is 31.0 Å². The maximum Gasteiger partial charge on any atom is 0.341 e. The van der Waals surface area contributed by atoms with Crippen LogP contribution in [0.1, 0.15) is 23.7 Å². The number of hydrogen-bond donors (Lipinski definition) is 2. The number of aryl methyl sites for hydroxylation is 1. The van der Waals surface area contributed by atoms with Gasteiger partial charge < -0.3 is 15.2 Å². The predicted octanol–water partition coefficient (Wildman–Crippen LogP) is 3.19. The standard InChI is InChI=1S/C16H18BrN3O3/c1-3-13-10(2)19-16(20-15(13)23-9-14(21)22)18-8-11-4-6-12(17)7-5-11/h4-7H,3,8-9H2,1-2H3,(H,21,22)(H,18,19,20). The van der Waals surface area contributed by atoms with E-state index in [9.17, 15) is 4.79 Å². The molecule has 0 saturated carbocycles. The Morgan fingerprint density at radius 2 is 2.00 bits per heavy atom. The number of halogens is 1. The van der Waals surface area contributed by atoms with E-state index in [4.69, 9.17) is 9.84 Å². The minimum absolute atomic E-state index is 0.320. The van der Waals surface area contributed by atoms with E-state index in [1.807, 2.05) is 38.1 Å². The van der Waals surface area contributed by atoms with E-state index in [2.05, 4.69) is 31.2 Å². The molecule has 2 N–H and O–H groups in total. The van der Waals surface area contributed by atoms with Crippen LogP contribution in [-0.4, -0.2) is 27.7 Å². The first-order chi connectivity index (χ1) is 11.0. The lowest BCUT2D eigenvalue weighted by Gasteiger charge is -2.13. The Balaban J connectivity index is 2.14. The topological polar surface area (TPSA) is 84.3 Å². The maximum atomic E-state index is 10.7. The highest BCUT2D eigenvalue weighted by atomic mass is 79.9. The van der Waals surface area contributed by atoms with Crippen molar-refractivity contribution in [3.8, 4) is 5.88 Å². The molecule has 0 fully saturated rings. The van der Waals surface area contributed by atoms with Crippen molar-refractivity contribution < 1.29 is 14.6 Å². The lowest BCUT2D eigenvalue weighted by Crippen LogP contribution is -2.14. The summed E-state index contributed by atoms with van der Waals surface area (Å²) in [5, 5.41) is 11.9. The molecule has 0 unspecified atom stereocenters. The van der Waals surface area contributed by atoms with Gasteiger partial charge in [0.15, 0.2) is 6.61 Å². The molecular formula is C16H18BrN3O3. The fraction of sp³-hybridized carbons (Fsp3) is 0.312. The summed E-state index contributed by atoms with van der Waals surface area (Å²) in [6.07, 6.45) is 0.674. The second-order valence-electron chi connectivity index (χ2n) is 4.93. The van der Waals surface area contributed by atoms with Crippen molar-refractivity contribution in [2.75, 3.05) is 11.9 Å². The highest BCUT2D eigenvalue weighted by molar-refractivity contribution is 9.10. The quantitative estimate of drug-likeness (QED) is 0.768. The number of benzene rings is 1. The second-order valence-corrected chi connectivity index (χ2v) is 5.85. The summed E-state index contributed by atoms with van der Waals surface area (Å²) in [4.78, 5) is 19.4. The predicted molar refractivity (Wildman–Crippen MR) is 90.7 cm³/mol. The summed E-state index contributed by atoms with van der Waals surface area (Å²) in [7, 11) is 0. The van der Waals surface area contributed by atoms with Crippen LogP contribution in [0.2, 0.25) is 0 Å². The van der Waals surface area contributed by atoms with Crippen molar-refractivity contribution in [1.29, 1.82) is 0 Å². The zero-order valence-electron chi connectivity index (χ0n) is 13.0. The Bertz CT molecular complexity index is 690. The third kappa shape index (κ3) is 4.92. The molecule has 0 amide bonds. The Labute approximate surface area is 143 Å². The van der Waals surface area contributed by atoms with Crippen LogP contribution in [0.25, 0.3) is 0 Å². The van der Waals surface area contributed by atoms with Gasteiger partial charge in [0.05, 0.1) is 0 Å². The zero-order chi connectivity index (χ0) is 16.8. The fourth-order valence-electron chi connectivity index (χ4n) is 2.09. The van der Waals surface area contributed by atoms with Gasteiger partial charge in [0.25, 0.3) is 0 Å². The molecule has 1 aromatic carbocycles. The van der Waals surface area contributed by atoms with E-state index in [1.165, 1.54) is 0 Å². The smallest absolute Gasteiger partial charge is 0.341 e. The molecule has 0 aliphatic carbocycles. The number of anilines is 1. The Kier molecular flexibility index (Phi) is 5.92. The van der Waals surface area contributed by atoms with Crippen molar-refractivity contribution in [2.45, 2.75) is 26.8 Å². The normalized spacial score (nSPS) is 10.4. The van der Waals surface area contributed by atoms with Crippen LogP contribution in [0.3, 0.4) is 0 Å². The van der Waals surface area contributed by atoms with E-state index in [-0.39, 0.29) is 0 Å². The molecule has 0 aliphatic rings. The number of hydrogen-bond acceptors (Lipinski definition) is 5. The number of ether oxygens (including phenoxy) is 1. The average Bonchev–Trinajstić information content (AvgIpc) is 2.52. The molecule has 2 rings (SSSR count). The molecule has 0 atom stereocenters. The van der Waals surface area contributed by atoms with E-state index in [1.54, 1.807) is 0 Å². The average molecular weight is 380 g/mol. The van der Waals surface area contributed by atoms with Crippen LogP contribution in [0.15, 0.2) is 28.7 Å². The molecule has 0 bridgehead atoms. The van der Waals surface area contributed by atoms with Gasteiger partial charge in [-0.3, -0.25) is 0 Å². The van der Waals surface area contributed by atoms with Crippen molar-refractivity contribution in [2.24, 2.45) is 0 Å². The third-order valence-electron chi connectivity index (χ3n) is 3.23. The van der Waals surface area contributed by atoms with Gasteiger partial charge in [-0.15, -0.1) is 0 Å². The van der Waals surface area contributed by atoms with Gasteiger partial charge >= 0.3 is 5.97 Å². The third-order valence-corrected chi connectivity index (χ3v) is 3.75. The summed E-state index contributed by atoms with van der Waals surface area (Å²) in [6.45, 7) is 3.96. The number of aromatic nitrogens is 2. The highest BCUT2D eigenvalue weighted by Gasteiger charge is 2.13. The van der Waals surface area contributed by atoms with Gasteiger partial charge in [0, 0.05) is 22.3 Å². The summed E-state index contributed by atoms with van der Waals surface area (Å²) in [5.74, 6) is -0.295. The molecule has 6 nitrogen and oxygen atoms in total. The van der Waals surface area contributed by atoms with Gasteiger partial charge in [-0.2, -0.15) is 4.98 Å². The van der Waals surface area contributed by atoms with E-state index in [0.717, 1.165) is 21.3 Å². The van der Waals surface area contributed by atoms with Crippen LogP contribution < -0.4 is 10.1 Å². The summed E-state index contributed by atoms with van der Waals surface area (Å²) >= 11 is 3.40. The summed E-state index contributed by atoms with van der Waals surface area (Å²) in [6, 6.07) is 7.91. The number of carboxylic acid groups (broad SMARTS) is 1. The van der Waals surface area contributed by atoms with Gasteiger partial charge in [-0.1, -0.05) is 35.0 Å². The molecule has 0 radical (unpaired) electrons. The van der Waals surface area contributed by atoms with Crippen LogP contribution in [0.5, 0.6) is 5.88 Å². The molecule has 0 aliphatic heterocycles. The minimum atomic E-state index is -1.03. The minimum Gasteiger partial charge on any atom is -0.479 e. The lowest BCUT2D eigenvalue weighted by molar-refractivity contribution is -0.139. The Hall–Kier alpha value is -2.15. The molecule has 1 heterocycles.